The van der Waals surface area contributed by atoms with Crippen molar-refractivity contribution in [1.82, 2.24) is 9.88 Å². The molecule has 0 radical (unpaired) electrons. The van der Waals surface area contributed by atoms with Crippen LogP contribution >= 0.6 is 11.6 Å². The number of rotatable bonds is 4. The van der Waals surface area contributed by atoms with E-state index in [-0.39, 0.29) is 18.4 Å². The fourth-order valence-corrected chi connectivity index (χ4v) is 3.55. The Morgan fingerprint density at radius 3 is 2.59 bits per heavy atom. The molecule has 2 heterocycles. The highest BCUT2D eigenvalue weighted by molar-refractivity contribution is 6.31. The van der Waals surface area contributed by atoms with E-state index in [0.29, 0.717) is 28.4 Å². The Hall–Kier alpha value is -3.38. The molecule has 146 valence electrons. The first kappa shape index (κ1) is 19.0. The molecule has 0 fully saturated rings. The Bertz CT molecular complexity index is 1050. The second-order valence-electron chi connectivity index (χ2n) is 6.89. The van der Waals surface area contributed by atoms with Crippen LogP contribution in [0.25, 0.3) is 0 Å². The van der Waals surface area contributed by atoms with Gasteiger partial charge in [-0.3, -0.25) is 14.6 Å². The number of hydrogen-bond donors (Lipinski definition) is 2. The Balaban J connectivity index is 1.75. The first-order chi connectivity index (χ1) is 14.0. The van der Waals surface area contributed by atoms with Crippen molar-refractivity contribution in [2.75, 3.05) is 11.1 Å². The van der Waals surface area contributed by atoms with E-state index in [2.05, 4.69) is 10.3 Å². The SMILES string of the molecule is Nc1ccc(CN2C(=O)c3ccc(Cl)cc3NC(=O)C2Cc2ccccn2)cc1. The number of nitrogen functional groups attached to an aromatic ring is 1. The number of nitrogens with one attached hydrogen (secondary N) is 1. The summed E-state index contributed by atoms with van der Waals surface area (Å²) in [4.78, 5) is 32.4. The maximum atomic E-state index is 13.4. The number of carbonyl (C=O) groups excluding carboxylic acids is 2. The van der Waals surface area contributed by atoms with E-state index in [0.717, 1.165) is 11.3 Å². The molecule has 0 saturated heterocycles. The number of benzene rings is 2. The summed E-state index contributed by atoms with van der Waals surface area (Å²) in [5.74, 6) is -0.520. The van der Waals surface area contributed by atoms with Gasteiger partial charge in [0.15, 0.2) is 0 Å². The monoisotopic (exact) mass is 406 g/mol. The number of carbonyl (C=O) groups is 2. The van der Waals surface area contributed by atoms with Crippen molar-refractivity contribution < 1.29 is 9.59 Å². The fraction of sp³-hybridized carbons (Fsp3) is 0.136. The lowest BCUT2D eigenvalue weighted by atomic mass is 10.1. The predicted octanol–water partition coefficient (Wildman–Crippen LogP) is 3.52. The van der Waals surface area contributed by atoms with Crippen LogP contribution in [-0.4, -0.2) is 27.7 Å². The van der Waals surface area contributed by atoms with Crippen LogP contribution in [0.1, 0.15) is 21.6 Å². The molecule has 3 N–H and O–H groups in total. The number of anilines is 2. The van der Waals surface area contributed by atoms with Crippen LogP contribution in [0.3, 0.4) is 0 Å². The summed E-state index contributed by atoms with van der Waals surface area (Å²) in [6.45, 7) is 0.270. The minimum atomic E-state index is -0.721. The molecular formula is C22H19ClN4O2. The van der Waals surface area contributed by atoms with E-state index in [1.54, 1.807) is 41.4 Å². The van der Waals surface area contributed by atoms with Gasteiger partial charge in [0.05, 0.1) is 11.3 Å². The van der Waals surface area contributed by atoms with Crippen LogP contribution in [0, 0.1) is 0 Å². The number of nitrogens with zero attached hydrogens (tertiary/aromatic N) is 2. The highest BCUT2D eigenvalue weighted by Gasteiger charge is 2.35. The number of fused-ring (bicyclic) bond motifs is 1. The third-order valence-electron chi connectivity index (χ3n) is 4.87. The zero-order chi connectivity index (χ0) is 20.4. The van der Waals surface area contributed by atoms with E-state index in [1.165, 1.54) is 0 Å². The molecule has 0 aliphatic carbocycles. The first-order valence-corrected chi connectivity index (χ1v) is 9.55. The molecular weight excluding hydrogens is 388 g/mol. The number of halogens is 1. The fourth-order valence-electron chi connectivity index (χ4n) is 3.38. The Labute approximate surface area is 173 Å². The molecule has 6 nitrogen and oxygen atoms in total. The van der Waals surface area contributed by atoms with Crippen LogP contribution < -0.4 is 11.1 Å². The summed E-state index contributed by atoms with van der Waals surface area (Å²) in [5, 5.41) is 3.30. The summed E-state index contributed by atoms with van der Waals surface area (Å²) in [6, 6.07) is 16.9. The van der Waals surface area contributed by atoms with Crippen molar-refractivity contribution in [1.29, 1.82) is 0 Å². The van der Waals surface area contributed by atoms with Crippen molar-refractivity contribution in [3.63, 3.8) is 0 Å². The van der Waals surface area contributed by atoms with Crippen molar-refractivity contribution in [2.24, 2.45) is 0 Å². The van der Waals surface area contributed by atoms with Gasteiger partial charge in [-0.15, -0.1) is 0 Å². The molecule has 29 heavy (non-hydrogen) atoms. The van der Waals surface area contributed by atoms with Gasteiger partial charge in [0.25, 0.3) is 5.91 Å². The molecule has 4 rings (SSSR count). The normalized spacial score (nSPS) is 16.2. The quantitative estimate of drug-likeness (QED) is 0.649. The highest BCUT2D eigenvalue weighted by Crippen LogP contribution is 2.28. The third kappa shape index (κ3) is 4.07. The molecule has 2 amide bonds. The topological polar surface area (TPSA) is 88.3 Å². The molecule has 0 bridgehead atoms. The van der Waals surface area contributed by atoms with E-state index in [4.69, 9.17) is 17.3 Å². The smallest absolute Gasteiger partial charge is 0.256 e. The Morgan fingerprint density at radius 2 is 1.86 bits per heavy atom. The van der Waals surface area contributed by atoms with E-state index in [9.17, 15) is 9.59 Å². The van der Waals surface area contributed by atoms with Gasteiger partial charge in [0.1, 0.15) is 6.04 Å². The van der Waals surface area contributed by atoms with Crippen LogP contribution in [0.5, 0.6) is 0 Å². The lowest BCUT2D eigenvalue weighted by Gasteiger charge is -2.28. The minimum absolute atomic E-state index is 0.243. The average Bonchev–Trinajstić information content (AvgIpc) is 2.80. The molecule has 0 saturated carbocycles. The third-order valence-corrected chi connectivity index (χ3v) is 5.11. The van der Waals surface area contributed by atoms with Gasteiger partial charge in [-0.25, -0.2) is 0 Å². The zero-order valence-corrected chi connectivity index (χ0v) is 16.3. The standard InChI is InChI=1S/C22H19ClN4O2/c23-15-6-9-18-19(11-15)26-21(28)20(12-17-3-1-2-10-25-17)27(22(18)29)13-14-4-7-16(24)8-5-14/h1-11,20H,12-13,24H2,(H,26,28). The molecule has 0 spiro atoms. The predicted molar refractivity (Wildman–Crippen MR) is 113 cm³/mol. The maximum Gasteiger partial charge on any atom is 0.256 e. The second kappa shape index (κ2) is 7.93. The molecule has 7 heteroatoms. The van der Waals surface area contributed by atoms with E-state index in [1.807, 2.05) is 30.3 Å². The highest BCUT2D eigenvalue weighted by atomic mass is 35.5. The molecule has 1 unspecified atom stereocenters. The van der Waals surface area contributed by atoms with Gasteiger partial charge in [0.2, 0.25) is 5.91 Å². The van der Waals surface area contributed by atoms with Crippen molar-refractivity contribution >= 4 is 34.8 Å². The maximum absolute atomic E-state index is 13.4. The van der Waals surface area contributed by atoms with Gasteiger partial charge >= 0.3 is 0 Å². The number of hydrogen-bond acceptors (Lipinski definition) is 4. The number of pyridine rings is 1. The van der Waals surface area contributed by atoms with Gasteiger partial charge in [0, 0.05) is 35.6 Å². The van der Waals surface area contributed by atoms with Gasteiger partial charge in [-0.05, 0) is 48.0 Å². The van der Waals surface area contributed by atoms with Crippen LogP contribution in [0.4, 0.5) is 11.4 Å². The Kier molecular flexibility index (Phi) is 5.18. The second-order valence-corrected chi connectivity index (χ2v) is 7.33. The van der Waals surface area contributed by atoms with Crippen LogP contribution in [0.15, 0.2) is 66.9 Å². The summed E-state index contributed by atoms with van der Waals surface area (Å²) in [7, 11) is 0. The zero-order valence-electron chi connectivity index (χ0n) is 15.5. The van der Waals surface area contributed by atoms with Crippen LogP contribution in [0.2, 0.25) is 5.02 Å². The lowest BCUT2D eigenvalue weighted by molar-refractivity contribution is -0.120. The summed E-state index contributed by atoms with van der Waals surface area (Å²) in [6.07, 6.45) is 1.97. The number of nitrogens with two attached hydrogens (primary N) is 1. The molecule has 1 aliphatic heterocycles. The van der Waals surface area contributed by atoms with E-state index >= 15 is 0 Å². The summed E-state index contributed by atoms with van der Waals surface area (Å²) < 4.78 is 0. The first-order valence-electron chi connectivity index (χ1n) is 9.17. The molecule has 1 atom stereocenters. The lowest BCUT2D eigenvalue weighted by Crippen LogP contribution is -2.46. The number of amides is 2. The molecule has 1 aliphatic rings. The van der Waals surface area contributed by atoms with Gasteiger partial charge in [-0.2, -0.15) is 0 Å². The van der Waals surface area contributed by atoms with Crippen molar-refractivity contribution in [3.8, 4) is 0 Å². The Morgan fingerprint density at radius 1 is 1.07 bits per heavy atom. The number of aromatic nitrogens is 1. The molecule has 2 aromatic carbocycles. The largest absolute Gasteiger partial charge is 0.399 e. The average molecular weight is 407 g/mol. The van der Waals surface area contributed by atoms with Gasteiger partial charge < -0.3 is 16.0 Å². The molecule has 1 aromatic heterocycles. The van der Waals surface area contributed by atoms with Crippen molar-refractivity contribution in [3.05, 3.63) is 88.7 Å². The summed E-state index contributed by atoms with van der Waals surface area (Å²) >= 11 is 6.07. The van der Waals surface area contributed by atoms with Crippen LogP contribution in [-0.2, 0) is 17.8 Å². The van der Waals surface area contributed by atoms with Crippen molar-refractivity contribution in [2.45, 2.75) is 19.0 Å². The minimum Gasteiger partial charge on any atom is -0.399 e. The van der Waals surface area contributed by atoms with E-state index < -0.39 is 6.04 Å². The molecule has 3 aromatic rings. The van der Waals surface area contributed by atoms with Gasteiger partial charge in [-0.1, -0.05) is 29.8 Å². The summed E-state index contributed by atoms with van der Waals surface area (Å²) in [5.41, 5.74) is 8.84.